The highest BCUT2D eigenvalue weighted by molar-refractivity contribution is 5.75. The molecule has 1 heterocycles. The molecular formula is C18H21NO. The highest BCUT2D eigenvalue weighted by Gasteiger charge is 2.13. The molecule has 2 nitrogen and oxygen atoms in total. The van der Waals surface area contributed by atoms with E-state index in [0.717, 1.165) is 18.7 Å². The fourth-order valence-electron chi connectivity index (χ4n) is 2.77. The summed E-state index contributed by atoms with van der Waals surface area (Å²) < 4.78 is 5.71. The van der Waals surface area contributed by atoms with Crippen LogP contribution in [0.5, 0.6) is 5.75 Å². The van der Waals surface area contributed by atoms with Crippen molar-refractivity contribution in [3.8, 4) is 16.9 Å². The van der Waals surface area contributed by atoms with E-state index in [1.807, 2.05) is 13.8 Å². The fraction of sp³-hybridized carbons (Fsp3) is 0.333. The third-order valence-corrected chi connectivity index (χ3v) is 3.63. The van der Waals surface area contributed by atoms with Crippen LogP contribution in [-0.4, -0.2) is 12.6 Å². The Morgan fingerprint density at radius 2 is 1.85 bits per heavy atom. The summed E-state index contributed by atoms with van der Waals surface area (Å²) >= 11 is 0. The summed E-state index contributed by atoms with van der Waals surface area (Å²) in [6.45, 7) is 5.18. The molecule has 2 aromatic carbocycles. The first-order valence-corrected chi connectivity index (χ1v) is 7.37. The molecule has 0 saturated heterocycles. The van der Waals surface area contributed by atoms with Crippen LogP contribution in [0.25, 0.3) is 11.1 Å². The van der Waals surface area contributed by atoms with Crippen LogP contribution < -0.4 is 10.1 Å². The minimum absolute atomic E-state index is 0.217. The largest absolute Gasteiger partial charge is 0.491 e. The van der Waals surface area contributed by atoms with E-state index in [-0.39, 0.29) is 6.10 Å². The number of fused-ring (bicyclic) bond motifs is 1. The molecule has 0 aromatic heterocycles. The molecule has 1 aliphatic rings. The molecule has 2 aromatic rings. The summed E-state index contributed by atoms with van der Waals surface area (Å²) in [4.78, 5) is 0. The zero-order valence-corrected chi connectivity index (χ0v) is 12.1. The average Bonchev–Trinajstić information content (AvgIpc) is 2.47. The lowest BCUT2D eigenvalue weighted by atomic mass is 9.93. The molecule has 1 aliphatic heterocycles. The third-order valence-electron chi connectivity index (χ3n) is 3.63. The van der Waals surface area contributed by atoms with E-state index >= 15 is 0 Å². The number of benzene rings is 2. The van der Waals surface area contributed by atoms with Crippen LogP contribution in [-0.2, 0) is 6.42 Å². The Bertz CT molecular complexity index is 587. The lowest BCUT2D eigenvalue weighted by Gasteiger charge is -2.21. The normalized spacial score (nSPS) is 13.8. The summed E-state index contributed by atoms with van der Waals surface area (Å²) in [5.41, 5.74) is 5.33. The first-order valence-electron chi connectivity index (χ1n) is 7.37. The molecule has 104 valence electrons. The molecule has 0 fully saturated rings. The van der Waals surface area contributed by atoms with Crippen molar-refractivity contribution in [1.82, 2.24) is 0 Å². The quantitative estimate of drug-likeness (QED) is 0.884. The van der Waals surface area contributed by atoms with Crippen LogP contribution in [0, 0.1) is 0 Å². The summed E-state index contributed by atoms with van der Waals surface area (Å²) in [6.07, 6.45) is 2.58. The van der Waals surface area contributed by atoms with E-state index in [9.17, 15) is 0 Å². The van der Waals surface area contributed by atoms with Crippen molar-refractivity contribution >= 4 is 5.69 Å². The Kier molecular flexibility index (Phi) is 3.64. The Labute approximate surface area is 120 Å². The van der Waals surface area contributed by atoms with Gasteiger partial charge in [0.15, 0.2) is 0 Å². The highest BCUT2D eigenvalue weighted by atomic mass is 16.5. The molecule has 0 bridgehead atoms. The lowest BCUT2D eigenvalue weighted by Crippen LogP contribution is -2.12. The monoisotopic (exact) mass is 267 g/mol. The van der Waals surface area contributed by atoms with Gasteiger partial charge in [-0.1, -0.05) is 24.3 Å². The zero-order chi connectivity index (χ0) is 13.9. The molecule has 0 spiro atoms. The second kappa shape index (κ2) is 5.58. The third kappa shape index (κ3) is 2.64. The topological polar surface area (TPSA) is 21.3 Å². The number of ether oxygens (including phenoxy) is 1. The average molecular weight is 267 g/mol. The van der Waals surface area contributed by atoms with Crippen molar-refractivity contribution in [2.24, 2.45) is 0 Å². The van der Waals surface area contributed by atoms with Gasteiger partial charge in [0, 0.05) is 12.2 Å². The van der Waals surface area contributed by atoms with E-state index in [1.54, 1.807) is 0 Å². The second-order valence-corrected chi connectivity index (χ2v) is 5.55. The Hall–Kier alpha value is -1.96. The van der Waals surface area contributed by atoms with E-state index in [1.165, 1.54) is 28.8 Å². The van der Waals surface area contributed by atoms with Crippen molar-refractivity contribution in [2.45, 2.75) is 32.8 Å². The maximum Gasteiger partial charge on any atom is 0.119 e. The van der Waals surface area contributed by atoms with E-state index in [2.05, 4.69) is 47.8 Å². The Morgan fingerprint density at radius 1 is 1.05 bits per heavy atom. The molecule has 20 heavy (non-hydrogen) atoms. The number of anilines is 1. The predicted molar refractivity (Wildman–Crippen MR) is 84.5 cm³/mol. The van der Waals surface area contributed by atoms with Gasteiger partial charge in [0.2, 0.25) is 0 Å². The first kappa shape index (κ1) is 13.0. The van der Waals surface area contributed by atoms with Crippen molar-refractivity contribution in [3.63, 3.8) is 0 Å². The molecule has 1 N–H and O–H groups in total. The molecule has 0 unspecified atom stereocenters. The molecule has 0 saturated carbocycles. The van der Waals surface area contributed by atoms with Gasteiger partial charge in [-0.15, -0.1) is 0 Å². The Morgan fingerprint density at radius 3 is 2.60 bits per heavy atom. The molecule has 2 heteroatoms. The van der Waals surface area contributed by atoms with Crippen LogP contribution >= 0.6 is 0 Å². The van der Waals surface area contributed by atoms with Crippen molar-refractivity contribution < 1.29 is 4.74 Å². The minimum atomic E-state index is 0.217. The number of hydrogen-bond acceptors (Lipinski definition) is 2. The van der Waals surface area contributed by atoms with Crippen LogP contribution in [0.2, 0.25) is 0 Å². The smallest absolute Gasteiger partial charge is 0.119 e. The summed E-state index contributed by atoms with van der Waals surface area (Å²) in [6, 6.07) is 14.9. The van der Waals surface area contributed by atoms with Crippen molar-refractivity contribution in [1.29, 1.82) is 0 Å². The highest BCUT2D eigenvalue weighted by Crippen LogP contribution is 2.33. The van der Waals surface area contributed by atoms with Gasteiger partial charge >= 0.3 is 0 Å². The van der Waals surface area contributed by atoms with Gasteiger partial charge in [-0.05, 0) is 61.6 Å². The number of nitrogens with one attached hydrogen (secondary N) is 1. The van der Waals surface area contributed by atoms with Crippen molar-refractivity contribution in [3.05, 3.63) is 48.0 Å². The van der Waals surface area contributed by atoms with Gasteiger partial charge in [-0.25, -0.2) is 0 Å². The van der Waals surface area contributed by atoms with Crippen LogP contribution in [0.15, 0.2) is 42.5 Å². The molecule has 0 amide bonds. The maximum atomic E-state index is 5.71. The second-order valence-electron chi connectivity index (χ2n) is 5.55. The van der Waals surface area contributed by atoms with Gasteiger partial charge in [0.1, 0.15) is 5.75 Å². The van der Waals surface area contributed by atoms with E-state index < -0.39 is 0 Å². The van der Waals surface area contributed by atoms with Crippen LogP contribution in [0.4, 0.5) is 5.69 Å². The van der Waals surface area contributed by atoms with Gasteiger partial charge < -0.3 is 10.1 Å². The number of hydrogen-bond donors (Lipinski definition) is 1. The Balaban J connectivity index is 1.93. The lowest BCUT2D eigenvalue weighted by molar-refractivity contribution is 0.242. The summed E-state index contributed by atoms with van der Waals surface area (Å²) in [5, 5.41) is 3.49. The van der Waals surface area contributed by atoms with E-state index in [0.29, 0.717) is 0 Å². The van der Waals surface area contributed by atoms with Crippen molar-refractivity contribution in [2.75, 3.05) is 11.9 Å². The number of rotatable bonds is 3. The van der Waals surface area contributed by atoms with Crippen LogP contribution in [0.3, 0.4) is 0 Å². The summed E-state index contributed by atoms with van der Waals surface area (Å²) in [5.74, 6) is 0.937. The predicted octanol–water partition coefficient (Wildman–Crippen LogP) is 4.50. The first-order chi connectivity index (χ1) is 9.74. The fourth-order valence-corrected chi connectivity index (χ4v) is 2.77. The SMILES string of the molecule is CC(C)Oc1ccc(-c2cccc3c2CCCN3)cc1. The standard InChI is InChI=1S/C18H21NO/c1-13(2)20-15-10-8-14(9-11-15)16-5-3-7-18-17(16)6-4-12-19-18/h3,5,7-11,13,19H,4,6,12H2,1-2H3. The zero-order valence-electron chi connectivity index (χ0n) is 12.1. The summed E-state index contributed by atoms with van der Waals surface area (Å²) in [7, 11) is 0. The molecule has 3 rings (SSSR count). The molecule has 0 atom stereocenters. The van der Waals surface area contributed by atoms with E-state index in [4.69, 9.17) is 4.74 Å². The van der Waals surface area contributed by atoms with Gasteiger partial charge in [0.25, 0.3) is 0 Å². The minimum Gasteiger partial charge on any atom is -0.491 e. The molecule has 0 aliphatic carbocycles. The molecular weight excluding hydrogens is 246 g/mol. The van der Waals surface area contributed by atoms with Gasteiger partial charge in [-0.3, -0.25) is 0 Å². The van der Waals surface area contributed by atoms with Gasteiger partial charge in [0.05, 0.1) is 6.10 Å². The van der Waals surface area contributed by atoms with Gasteiger partial charge in [-0.2, -0.15) is 0 Å². The maximum absolute atomic E-state index is 5.71. The molecule has 0 radical (unpaired) electrons. The van der Waals surface area contributed by atoms with Crippen LogP contribution in [0.1, 0.15) is 25.8 Å².